The summed E-state index contributed by atoms with van der Waals surface area (Å²) in [5, 5.41) is 4.51. The molecule has 0 N–H and O–H groups in total. The number of benzene rings is 2. The average Bonchev–Trinajstić information content (AvgIpc) is 2.37. The number of hydrogen-bond acceptors (Lipinski definition) is 2. The molecule has 2 rings (SSSR count). The van der Waals surface area contributed by atoms with E-state index < -0.39 is 0 Å². The molecule has 1 unspecified atom stereocenters. The number of nitrogens with zero attached hydrogens (tertiary/aromatic N) is 1. The van der Waals surface area contributed by atoms with Crippen LogP contribution in [0.2, 0.25) is 0 Å². The third-order valence-electron chi connectivity index (χ3n) is 3.20. The molecule has 0 saturated carbocycles. The lowest BCUT2D eigenvalue weighted by molar-refractivity contribution is -0.111. The Labute approximate surface area is 103 Å². The second-order valence-corrected chi connectivity index (χ2v) is 4.46. The van der Waals surface area contributed by atoms with Crippen molar-refractivity contribution < 1.29 is 4.84 Å². The van der Waals surface area contributed by atoms with Gasteiger partial charge in [0.15, 0.2) is 0 Å². The predicted molar refractivity (Wildman–Crippen MR) is 72.0 cm³/mol. The molecule has 0 bridgehead atoms. The molecule has 0 aromatic heterocycles. The van der Waals surface area contributed by atoms with Crippen LogP contribution in [0.15, 0.2) is 42.5 Å². The third-order valence-corrected chi connectivity index (χ3v) is 3.20. The Balaban J connectivity index is 2.34. The molecule has 0 amide bonds. The van der Waals surface area contributed by atoms with E-state index in [9.17, 15) is 0 Å². The second kappa shape index (κ2) is 5.30. The Morgan fingerprint density at radius 2 is 1.82 bits per heavy atom. The van der Waals surface area contributed by atoms with Gasteiger partial charge < -0.3 is 4.84 Å². The number of likely N-dealkylation sites (N-methyl/N-ethyl adjacent to an activating group) is 1. The molecule has 2 aromatic rings. The molecule has 0 aliphatic heterocycles. The molecule has 1 atom stereocenters. The van der Waals surface area contributed by atoms with Crippen molar-refractivity contribution in [3.05, 3.63) is 48.0 Å². The summed E-state index contributed by atoms with van der Waals surface area (Å²) in [6.07, 6.45) is 0. The maximum absolute atomic E-state index is 5.19. The largest absolute Gasteiger partial charge is 0.303 e. The lowest BCUT2D eigenvalue weighted by Gasteiger charge is -2.20. The fourth-order valence-electron chi connectivity index (χ4n) is 2.24. The van der Waals surface area contributed by atoms with E-state index in [1.165, 1.54) is 16.3 Å². The van der Waals surface area contributed by atoms with E-state index >= 15 is 0 Å². The van der Waals surface area contributed by atoms with Crippen molar-refractivity contribution in [1.82, 2.24) is 5.06 Å². The summed E-state index contributed by atoms with van der Waals surface area (Å²) in [6, 6.07) is 15.0. The molecule has 0 aliphatic carbocycles. The average molecular weight is 229 g/mol. The normalized spacial score (nSPS) is 13.2. The van der Waals surface area contributed by atoms with Crippen LogP contribution in [0.1, 0.15) is 18.4 Å². The fourth-order valence-corrected chi connectivity index (χ4v) is 2.24. The Hall–Kier alpha value is -1.38. The van der Waals surface area contributed by atoms with Gasteiger partial charge in [-0.1, -0.05) is 49.4 Å². The van der Waals surface area contributed by atoms with Crippen LogP contribution in [0.3, 0.4) is 0 Å². The van der Waals surface area contributed by atoms with Gasteiger partial charge in [-0.15, -0.1) is 0 Å². The van der Waals surface area contributed by atoms with Crippen LogP contribution >= 0.6 is 0 Å². The van der Waals surface area contributed by atoms with Crippen molar-refractivity contribution in [2.75, 3.05) is 20.7 Å². The van der Waals surface area contributed by atoms with Gasteiger partial charge in [0.1, 0.15) is 0 Å². The van der Waals surface area contributed by atoms with E-state index in [1.54, 1.807) is 7.11 Å². The molecular weight excluding hydrogens is 210 g/mol. The first-order valence-electron chi connectivity index (χ1n) is 5.95. The van der Waals surface area contributed by atoms with Gasteiger partial charge in [-0.25, -0.2) is 0 Å². The summed E-state index contributed by atoms with van der Waals surface area (Å²) < 4.78 is 0. The van der Waals surface area contributed by atoms with Crippen LogP contribution in [-0.2, 0) is 4.84 Å². The van der Waals surface area contributed by atoms with Gasteiger partial charge in [-0.2, -0.15) is 5.06 Å². The van der Waals surface area contributed by atoms with Gasteiger partial charge in [-0.05, 0) is 22.3 Å². The Morgan fingerprint density at radius 1 is 1.12 bits per heavy atom. The lowest BCUT2D eigenvalue weighted by atomic mass is 9.95. The highest BCUT2D eigenvalue weighted by Crippen LogP contribution is 2.25. The number of fused-ring (bicyclic) bond motifs is 1. The van der Waals surface area contributed by atoms with Gasteiger partial charge in [0.25, 0.3) is 0 Å². The summed E-state index contributed by atoms with van der Waals surface area (Å²) in [4.78, 5) is 5.19. The molecule has 0 aliphatic rings. The first-order valence-corrected chi connectivity index (χ1v) is 5.95. The summed E-state index contributed by atoms with van der Waals surface area (Å²) in [7, 11) is 3.66. The standard InChI is InChI=1S/C15H19NO/c1-12(11-16(2)17-3)14-10-6-8-13-7-4-5-9-15(13)14/h4-10,12H,11H2,1-3H3. The van der Waals surface area contributed by atoms with Crippen LogP contribution in [0.5, 0.6) is 0 Å². The van der Waals surface area contributed by atoms with E-state index in [-0.39, 0.29) is 0 Å². The molecular formula is C15H19NO. The van der Waals surface area contributed by atoms with E-state index in [0.29, 0.717) is 5.92 Å². The topological polar surface area (TPSA) is 12.5 Å². The van der Waals surface area contributed by atoms with E-state index in [2.05, 4.69) is 49.4 Å². The number of hydroxylamine groups is 2. The molecule has 2 aromatic carbocycles. The summed E-state index contributed by atoms with van der Waals surface area (Å²) in [5.41, 5.74) is 1.38. The van der Waals surface area contributed by atoms with Crippen molar-refractivity contribution in [2.45, 2.75) is 12.8 Å². The molecule has 0 heterocycles. The number of rotatable bonds is 4. The zero-order chi connectivity index (χ0) is 12.3. The highest BCUT2D eigenvalue weighted by atomic mass is 16.7. The molecule has 2 heteroatoms. The quantitative estimate of drug-likeness (QED) is 0.745. The monoisotopic (exact) mass is 229 g/mol. The molecule has 0 fully saturated rings. The van der Waals surface area contributed by atoms with Gasteiger partial charge in [0.05, 0.1) is 7.11 Å². The van der Waals surface area contributed by atoms with Gasteiger partial charge in [0, 0.05) is 13.6 Å². The zero-order valence-corrected chi connectivity index (χ0v) is 10.7. The third kappa shape index (κ3) is 2.65. The van der Waals surface area contributed by atoms with Crippen LogP contribution < -0.4 is 0 Å². The summed E-state index contributed by atoms with van der Waals surface area (Å²) >= 11 is 0. The molecule has 17 heavy (non-hydrogen) atoms. The maximum atomic E-state index is 5.19. The molecule has 0 spiro atoms. The van der Waals surface area contributed by atoms with Crippen molar-refractivity contribution in [3.63, 3.8) is 0 Å². The van der Waals surface area contributed by atoms with Crippen LogP contribution in [0.4, 0.5) is 0 Å². The van der Waals surface area contributed by atoms with E-state index in [0.717, 1.165) is 6.54 Å². The summed E-state index contributed by atoms with van der Waals surface area (Å²) in [5.74, 6) is 0.450. The second-order valence-electron chi connectivity index (χ2n) is 4.46. The van der Waals surface area contributed by atoms with Crippen LogP contribution in [0, 0.1) is 0 Å². The van der Waals surface area contributed by atoms with Crippen molar-refractivity contribution in [1.29, 1.82) is 0 Å². The molecule has 0 saturated heterocycles. The Morgan fingerprint density at radius 3 is 2.59 bits per heavy atom. The highest BCUT2D eigenvalue weighted by Gasteiger charge is 2.11. The SMILES string of the molecule is CON(C)CC(C)c1cccc2ccccc12. The fraction of sp³-hybridized carbons (Fsp3) is 0.333. The first kappa shape index (κ1) is 12.1. The van der Waals surface area contributed by atoms with Gasteiger partial charge >= 0.3 is 0 Å². The highest BCUT2D eigenvalue weighted by molar-refractivity contribution is 5.86. The van der Waals surface area contributed by atoms with E-state index in [1.807, 2.05) is 12.1 Å². The van der Waals surface area contributed by atoms with Crippen molar-refractivity contribution >= 4 is 10.8 Å². The lowest BCUT2D eigenvalue weighted by Crippen LogP contribution is -2.22. The zero-order valence-electron chi connectivity index (χ0n) is 10.7. The molecule has 0 radical (unpaired) electrons. The van der Waals surface area contributed by atoms with Gasteiger partial charge in [0.2, 0.25) is 0 Å². The smallest absolute Gasteiger partial charge is 0.0575 e. The van der Waals surface area contributed by atoms with Crippen molar-refractivity contribution in [2.24, 2.45) is 0 Å². The Kier molecular flexibility index (Phi) is 3.77. The minimum atomic E-state index is 0.450. The van der Waals surface area contributed by atoms with Crippen molar-refractivity contribution in [3.8, 4) is 0 Å². The van der Waals surface area contributed by atoms with E-state index in [4.69, 9.17) is 4.84 Å². The Bertz CT molecular complexity index is 490. The molecule has 90 valence electrons. The first-order chi connectivity index (χ1) is 8.22. The maximum Gasteiger partial charge on any atom is 0.0575 e. The minimum absolute atomic E-state index is 0.450. The summed E-state index contributed by atoms with van der Waals surface area (Å²) in [6.45, 7) is 3.13. The predicted octanol–water partition coefficient (Wildman–Crippen LogP) is 3.44. The number of hydrogen-bond donors (Lipinski definition) is 0. The molecule has 2 nitrogen and oxygen atoms in total. The minimum Gasteiger partial charge on any atom is -0.303 e. The van der Waals surface area contributed by atoms with Crippen LogP contribution in [-0.4, -0.2) is 25.8 Å². The van der Waals surface area contributed by atoms with Gasteiger partial charge in [-0.3, -0.25) is 0 Å². The van der Waals surface area contributed by atoms with Crippen LogP contribution in [0.25, 0.3) is 10.8 Å².